The van der Waals surface area contributed by atoms with E-state index in [1.807, 2.05) is 33.3 Å². The van der Waals surface area contributed by atoms with Crippen LogP contribution in [0.4, 0.5) is 0 Å². The Bertz CT molecular complexity index is 1130. The summed E-state index contributed by atoms with van der Waals surface area (Å²) in [7, 11) is 5.49. The van der Waals surface area contributed by atoms with Crippen LogP contribution >= 0.6 is 0 Å². The zero-order chi connectivity index (χ0) is 40.7. The first kappa shape index (κ1) is 51.8. The predicted octanol–water partition coefficient (Wildman–Crippen LogP) is 11.6. The van der Waals surface area contributed by atoms with Crippen LogP contribution in [0, 0.1) is 0 Å². The van der Waals surface area contributed by atoms with Gasteiger partial charge >= 0.3 is 17.9 Å². The second kappa shape index (κ2) is 37.7. The van der Waals surface area contributed by atoms with Gasteiger partial charge in [0.25, 0.3) is 0 Å². The van der Waals surface area contributed by atoms with E-state index in [4.69, 9.17) is 14.2 Å². The number of aliphatic carboxylic acids is 1. The molecular weight excluding hydrogens is 691 g/mol. The summed E-state index contributed by atoms with van der Waals surface area (Å²) in [6.07, 6.45) is 46.7. The largest absolute Gasteiger partial charge is 0.477 e. The van der Waals surface area contributed by atoms with Crippen LogP contribution in [0.3, 0.4) is 0 Å². The van der Waals surface area contributed by atoms with Crippen molar-refractivity contribution < 1.29 is 38.2 Å². The number of hydrogen-bond donors (Lipinski definition) is 1. The van der Waals surface area contributed by atoms with Crippen molar-refractivity contribution in [2.75, 3.05) is 41.0 Å². The number of nitrogens with zero attached hydrogens (tertiary/aromatic N) is 1. The van der Waals surface area contributed by atoms with Crippen molar-refractivity contribution in [3.63, 3.8) is 0 Å². The molecule has 0 heterocycles. The summed E-state index contributed by atoms with van der Waals surface area (Å²) in [5, 5.41) is 9.60. The van der Waals surface area contributed by atoms with E-state index in [1.165, 1.54) is 57.8 Å². The average molecular weight is 771 g/mol. The van der Waals surface area contributed by atoms with Gasteiger partial charge in [0.1, 0.15) is 6.61 Å². The molecule has 0 bridgehead atoms. The number of ether oxygens (including phenoxy) is 3. The molecule has 0 aliphatic carbocycles. The monoisotopic (exact) mass is 771 g/mol. The molecule has 0 aromatic rings. The van der Waals surface area contributed by atoms with Crippen molar-refractivity contribution in [2.24, 2.45) is 0 Å². The molecule has 314 valence electrons. The zero-order valence-corrected chi connectivity index (χ0v) is 35.6. The minimum Gasteiger partial charge on any atom is -0.477 e. The average Bonchev–Trinajstić information content (AvgIpc) is 3.14. The lowest BCUT2D eigenvalue weighted by atomic mass is 10.0. The molecule has 2 atom stereocenters. The molecule has 0 saturated carbocycles. The topological polar surface area (TPSA) is 99.1 Å². The number of carbonyl (C=O) groups excluding carboxylic acids is 2. The van der Waals surface area contributed by atoms with E-state index in [-0.39, 0.29) is 42.7 Å². The Morgan fingerprint density at radius 1 is 0.564 bits per heavy atom. The van der Waals surface area contributed by atoms with Gasteiger partial charge in [-0.05, 0) is 51.4 Å². The highest BCUT2D eigenvalue weighted by atomic mass is 16.6. The highest BCUT2D eigenvalue weighted by Gasteiger charge is 2.31. The summed E-state index contributed by atoms with van der Waals surface area (Å²) in [5.41, 5.74) is 0. The van der Waals surface area contributed by atoms with Gasteiger partial charge in [-0.1, -0.05) is 157 Å². The van der Waals surface area contributed by atoms with E-state index in [9.17, 15) is 19.5 Å². The lowest BCUT2D eigenvalue weighted by Gasteiger charge is -2.31. The number of unbranched alkanes of at least 4 members (excludes halogenated alkanes) is 11. The Hall–Kier alpha value is -3.23. The maximum atomic E-state index is 12.7. The molecule has 0 fully saturated rings. The van der Waals surface area contributed by atoms with Crippen molar-refractivity contribution in [1.82, 2.24) is 0 Å². The summed E-state index contributed by atoms with van der Waals surface area (Å²) in [6, 6.07) is -0.629. The van der Waals surface area contributed by atoms with Gasteiger partial charge in [-0.3, -0.25) is 9.59 Å². The second-order valence-electron chi connectivity index (χ2n) is 15.2. The first-order valence-electron chi connectivity index (χ1n) is 21.5. The second-order valence-corrected chi connectivity index (χ2v) is 15.2. The van der Waals surface area contributed by atoms with Crippen molar-refractivity contribution in [3.8, 4) is 0 Å². The molecule has 0 radical (unpaired) electrons. The van der Waals surface area contributed by atoms with Gasteiger partial charge in [-0.25, -0.2) is 4.79 Å². The Labute approximate surface area is 336 Å². The normalized spacial score (nSPS) is 13.7. The molecule has 0 aliphatic heterocycles. The van der Waals surface area contributed by atoms with Crippen LogP contribution in [0.25, 0.3) is 0 Å². The third-order valence-corrected chi connectivity index (χ3v) is 9.13. The van der Waals surface area contributed by atoms with Crippen molar-refractivity contribution >= 4 is 17.9 Å². The molecule has 0 aromatic heterocycles. The first-order valence-corrected chi connectivity index (χ1v) is 21.5. The highest BCUT2D eigenvalue weighted by molar-refractivity contribution is 5.72. The van der Waals surface area contributed by atoms with Crippen LogP contribution < -0.4 is 0 Å². The number of carboxylic acids is 1. The summed E-state index contributed by atoms with van der Waals surface area (Å²) in [4.78, 5) is 36.9. The van der Waals surface area contributed by atoms with Gasteiger partial charge in [-0.15, -0.1) is 0 Å². The molecule has 1 N–H and O–H groups in total. The van der Waals surface area contributed by atoms with Gasteiger partial charge in [0.05, 0.1) is 34.4 Å². The Kier molecular flexibility index (Phi) is 35.5. The summed E-state index contributed by atoms with van der Waals surface area (Å²) in [5.74, 6) is -1.58. The Balaban J connectivity index is 4.50. The molecule has 0 saturated heterocycles. The molecular formula is C47H80NO7+. The van der Waals surface area contributed by atoms with Crippen LogP contribution in [0.1, 0.15) is 155 Å². The van der Waals surface area contributed by atoms with Gasteiger partial charge in [0.2, 0.25) is 0 Å². The Morgan fingerprint density at radius 2 is 1.02 bits per heavy atom. The van der Waals surface area contributed by atoms with E-state index in [0.717, 1.165) is 57.8 Å². The maximum Gasteiger partial charge on any atom is 0.362 e. The molecule has 0 amide bonds. The lowest BCUT2D eigenvalue weighted by molar-refractivity contribution is -0.887. The molecule has 55 heavy (non-hydrogen) atoms. The van der Waals surface area contributed by atoms with Crippen LogP contribution in [0.15, 0.2) is 72.9 Å². The third-order valence-electron chi connectivity index (χ3n) is 9.13. The van der Waals surface area contributed by atoms with Crippen molar-refractivity contribution in [3.05, 3.63) is 72.9 Å². The highest BCUT2D eigenvalue weighted by Crippen LogP contribution is 2.13. The molecule has 0 spiro atoms. The van der Waals surface area contributed by atoms with Gasteiger partial charge in [0.15, 0.2) is 12.1 Å². The molecule has 8 nitrogen and oxygen atoms in total. The van der Waals surface area contributed by atoms with E-state index < -0.39 is 18.1 Å². The molecule has 0 aliphatic rings. The number of carbonyl (C=O) groups is 3. The molecule has 2 unspecified atom stereocenters. The van der Waals surface area contributed by atoms with Crippen molar-refractivity contribution in [2.45, 2.75) is 167 Å². The smallest absolute Gasteiger partial charge is 0.362 e. The maximum absolute atomic E-state index is 12.7. The number of rotatable bonds is 37. The predicted molar refractivity (Wildman–Crippen MR) is 229 cm³/mol. The molecule has 0 rings (SSSR count). The minimum atomic E-state index is -0.889. The number of likely N-dealkylation sites (N-methyl/N-ethyl adjacent to an activating group) is 1. The quantitative estimate of drug-likeness (QED) is 0.0291. The van der Waals surface area contributed by atoms with E-state index in [1.54, 1.807) is 0 Å². The molecule has 8 heteroatoms. The number of allylic oxidation sites excluding steroid dienone is 12. The van der Waals surface area contributed by atoms with E-state index >= 15 is 0 Å². The number of quaternary nitrogens is 1. The van der Waals surface area contributed by atoms with Gasteiger partial charge in [0, 0.05) is 19.3 Å². The Morgan fingerprint density at radius 3 is 1.47 bits per heavy atom. The van der Waals surface area contributed by atoms with Gasteiger partial charge < -0.3 is 23.8 Å². The fraction of sp³-hybridized carbons (Fsp3) is 0.681. The number of hydrogen-bond acceptors (Lipinski definition) is 6. The minimum absolute atomic E-state index is 0.0288. The van der Waals surface area contributed by atoms with Gasteiger partial charge in [-0.2, -0.15) is 0 Å². The summed E-state index contributed by atoms with van der Waals surface area (Å²) in [6.45, 7) is 4.52. The molecule has 0 aromatic carbocycles. The summed E-state index contributed by atoms with van der Waals surface area (Å²) >= 11 is 0. The lowest BCUT2D eigenvalue weighted by Crippen LogP contribution is -2.50. The SMILES string of the molecule is CC/C=C/C/C=C/C/C=C/C/C=C/C/C=C/C/C=C/CCC(=O)OC(COCCC(C(=O)O)[N+](C)(C)C)COC(=O)CCCCCCCCCCCCCC. The van der Waals surface area contributed by atoms with Crippen LogP contribution in [-0.2, 0) is 28.6 Å². The van der Waals surface area contributed by atoms with Crippen molar-refractivity contribution in [1.29, 1.82) is 0 Å². The van der Waals surface area contributed by atoms with E-state index in [0.29, 0.717) is 19.3 Å². The third kappa shape index (κ3) is 36.2. The fourth-order valence-electron chi connectivity index (χ4n) is 5.82. The zero-order valence-electron chi connectivity index (χ0n) is 35.6. The standard InChI is InChI=1S/C47H79NO7/c1-6-8-10-12-14-16-18-20-21-22-23-24-25-26-28-30-32-34-36-38-46(50)55-43(41-53-40-39-44(47(51)52)48(3,4)5)42-54-45(49)37-35-33-31-29-27-19-17-15-13-11-9-7-2/h8,10,14,16,20-21,23-24,26,28,32,34,43-44H,6-7,9,11-13,15,17-19,22,25,27,29-31,33,35-42H2,1-5H3/p+1/b10-8+,16-14+,21-20+,24-23+,28-26+,34-32+. The number of esters is 2. The number of carboxylic acid groups (broad SMARTS) is 1. The van der Waals surface area contributed by atoms with Crippen LogP contribution in [0.2, 0.25) is 0 Å². The fourth-order valence-corrected chi connectivity index (χ4v) is 5.82. The first-order chi connectivity index (χ1) is 26.6. The summed E-state index contributed by atoms with van der Waals surface area (Å²) < 4.78 is 17.2. The van der Waals surface area contributed by atoms with Crippen LogP contribution in [0.5, 0.6) is 0 Å². The van der Waals surface area contributed by atoms with E-state index in [2.05, 4.69) is 74.6 Å². The van der Waals surface area contributed by atoms with Crippen LogP contribution in [-0.4, -0.2) is 80.6 Å².